The molecule has 2 heteroatoms. The van der Waals surface area contributed by atoms with Crippen molar-refractivity contribution in [2.75, 3.05) is 5.32 Å². The highest BCUT2D eigenvalue weighted by Crippen LogP contribution is 2.21. The highest BCUT2D eigenvalue weighted by Gasteiger charge is 1.98. The van der Waals surface area contributed by atoms with Crippen molar-refractivity contribution in [3.05, 3.63) is 84.2 Å². The van der Waals surface area contributed by atoms with Gasteiger partial charge in [-0.1, -0.05) is 48.5 Å². The Morgan fingerprint density at radius 3 is 2.19 bits per heavy atom. The number of nitrogens with zero attached hydrogens (tertiary/aromatic N) is 1. The van der Waals surface area contributed by atoms with Crippen molar-refractivity contribution in [3.63, 3.8) is 0 Å². The highest BCUT2D eigenvalue weighted by atomic mass is 14.9. The lowest BCUT2D eigenvalue weighted by atomic mass is 10.1. The molecule has 0 bridgehead atoms. The van der Waals surface area contributed by atoms with Crippen molar-refractivity contribution in [1.82, 2.24) is 4.98 Å². The van der Waals surface area contributed by atoms with Gasteiger partial charge in [-0.15, -0.1) is 0 Å². The second-order valence-electron chi connectivity index (χ2n) is 5.10. The number of hydrogen-bond acceptors (Lipinski definition) is 2. The molecule has 1 heterocycles. The van der Waals surface area contributed by atoms with Gasteiger partial charge in [0.25, 0.3) is 0 Å². The molecule has 0 aliphatic rings. The van der Waals surface area contributed by atoms with E-state index in [9.17, 15) is 0 Å². The Hall–Kier alpha value is -2.61. The number of pyridine rings is 1. The second-order valence-corrected chi connectivity index (χ2v) is 5.10. The van der Waals surface area contributed by atoms with Crippen LogP contribution in [0.2, 0.25) is 0 Å². The summed E-state index contributed by atoms with van der Waals surface area (Å²) in [5.41, 5.74) is 5.83. The quantitative estimate of drug-likeness (QED) is 0.748. The van der Waals surface area contributed by atoms with E-state index in [4.69, 9.17) is 0 Å². The van der Waals surface area contributed by atoms with Crippen LogP contribution in [0.1, 0.15) is 11.3 Å². The van der Waals surface area contributed by atoms with Crippen molar-refractivity contribution < 1.29 is 0 Å². The van der Waals surface area contributed by atoms with E-state index in [1.165, 1.54) is 16.7 Å². The predicted molar refractivity (Wildman–Crippen MR) is 88.2 cm³/mol. The van der Waals surface area contributed by atoms with Crippen LogP contribution in [-0.2, 0) is 6.54 Å². The summed E-state index contributed by atoms with van der Waals surface area (Å²) in [5, 5.41) is 3.42. The van der Waals surface area contributed by atoms with Gasteiger partial charge in [-0.2, -0.15) is 0 Å². The fourth-order valence-corrected chi connectivity index (χ4v) is 2.22. The number of benzene rings is 2. The number of aryl methyl sites for hydroxylation is 1. The van der Waals surface area contributed by atoms with Crippen molar-refractivity contribution in [3.8, 4) is 11.1 Å². The summed E-state index contributed by atoms with van der Waals surface area (Å²) in [6.07, 6.45) is 1.92. The predicted octanol–water partition coefficient (Wildman–Crippen LogP) is 4.67. The summed E-state index contributed by atoms with van der Waals surface area (Å²) < 4.78 is 0. The molecular weight excluding hydrogens is 256 g/mol. The van der Waals surface area contributed by atoms with Crippen LogP contribution >= 0.6 is 0 Å². The molecule has 0 unspecified atom stereocenters. The first-order chi connectivity index (χ1) is 10.3. The van der Waals surface area contributed by atoms with Crippen molar-refractivity contribution in [2.45, 2.75) is 13.5 Å². The van der Waals surface area contributed by atoms with Gasteiger partial charge in [-0.05, 0) is 41.8 Å². The molecule has 1 N–H and O–H groups in total. The first-order valence-electron chi connectivity index (χ1n) is 7.12. The maximum absolute atomic E-state index is 4.31. The lowest BCUT2D eigenvalue weighted by molar-refractivity contribution is 1.09. The minimum absolute atomic E-state index is 0.790. The third kappa shape index (κ3) is 3.48. The zero-order valence-corrected chi connectivity index (χ0v) is 12.1. The number of aromatic nitrogens is 1. The van der Waals surface area contributed by atoms with Crippen LogP contribution in [0.4, 0.5) is 5.69 Å². The molecule has 0 aliphatic heterocycles. The first kappa shape index (κ1) is 13.4. The molecule has 0 radical (unpaired) electrons. The molecule has 0 saturated heterocycles. The molecule has 1 aromatic heterocycles. The van der Waals surface area contributed by atoms with Crippen LogP contribution in [0.3, 0.4) is 0 Å². The molecule has 3 rings (SSSR count). The summed E-state index contributed by atoms with van der Waals surface area (Å²) >= 11 is 0. The number of rotatable bonds is 4. The molecule has 0 aliphatic carbocycles. The van der Waals surface area contributed by atoms with E-state index in [-0.39, 0.29) is 0 Å². The Morgan fingerprint density at radius 2 is 1.52 bits per heavy atom. The van der Waals surface area contributed by atoms with Crippen molar-refractivity contribution >= 4 is 5.69 Å². The fourth-order valence-electron chi connectivity index (χ4n) is 2.22. The maximum Gasteiger partial charge on any atom is 0.0416 e. The van der Waals surface area contributed by atoms with E-state index in [0.29, 0.717) is 0 Å². The number of hydrogen-bond donors (Lipinski definition) is 1. The molecule has 2 nitrogen and oxygen atoms in total. The van der Waals surface area contributed by atoms with E-state index < -0.39 is 0 Å². The lowest BCUT2D eigenvalue weighted by Gasteiger charge is -2.08. The fraction of sp³-hybridized carbons (Fsp3) is 0.105. The van der Waals surface area contributed by atoms with Crippen LogP contribution in [0.25, 0.3) is 11.1 Å². The van der Waals surface area contributed by atoms with Gasteiger partial charge in [0.05, 0.1) is 0 Å². The molecule has 0 amide bonds. The van der Waals surface area contributed by atoms with Gasteiger partial charge in [0, 0.05) is 24.1 Å². The SMILES string of the molecule is Cc1ccc(CNc2ccc(-c3ccccc3)cc2)cn1. The van der Waals surface area contributed by atoms with E-state index in [1.54, 1.807) is 0 Å². The third-order valence-electron chi connectivity index (χ3n) is 3.46. The van der Waals surface area contributed by atoms with E-state index >= 15 is 0 Å². The third-order valence-corrected chi connectivity index (χ3v) is 3.46. The molecule has 3 aromatic rings. The largest absolute Gasteiger partial charge is 0.381 e. The average Bonchev–Trinajstić information content (AvgIpc) is 2.56. The summed E-state index contributed by atoms with van der Waals surface area (Å²) in [6.45, 7) is 2.79. The van der Waals surface area contributed by atoms with Crippen LogP contribution in [0.15, 0.2) is 72.9 Å². The molecular formula is C19H18N2. The summed E-state index contributed by atoms with van der Waals surface area (Å²) in [4.78, 5) is 4.31. The molecule has 21 heavy (non-hydrogen) atoms. The Labute approximate surface area is 125 Å². The standard InChI is InChI=1S/C19H18N2/c1-15-7-8-16(13-20-15)14-21-19-11-9-18(10-12-19)17-5-3-2-4-6-17/h2-13,21H,14H2,1H3. The smallest absolute Gasteiger partial charge is 0.0416 e. The zero-order valence-electron chi connectivity index (χ0n) is 12.1. The van der Waals surface area contributed by atoms with E-state index in [2.05, 4.69) is 64.9 Å². The number of anilines is 1. The minimum atomic E-state index is 0.790. The zero-order chi connectivity index (χ0) is 14.5. The van der Waals surface area contributed by atoms with Crippen LogP contribution in [-0.4, -0.2) is 4.98 Å². The minimum Gasteiger partial charge on any atom is -0.381 e. The normalized spacial score (nSPS) is 10.3. The lowest BCUT2D eigenvalue weighted by Crippen LogP contribution is -1.99. The first-order valence-corrected chi connectivity index (χ1v) is 7.12. The Balaban J connectivity index is 1.66. The summed E-state index contributed by atoms with van der Waals surface area (Å²) in [7, 11) is 0. The van der Waals surface area contributed by atoms with Gasteiger partial charge in [0.1, 0.15) is 0 Å². The van der Waals surface area contributed by atoms with Gasteiger partial charge >= 0.3 is 0 Å². The monoisotopic (exact) mass is 274 g/mol. The molecule has 0 fully saturated rings. The van der Waals surface area contributed by atoms with E-state index in [1.807, 2.05) is 25.3 Å². The van der Waals surface area contributed by atoms with Crippen LogP contribution in [0.5, 0.6) is 0 Å². The Bertz CT molecular complexity index is 686. The Morgan fingerprint density at radius 1 is 0.810 bits per heavy atom. The van der Waals surface area contributed by atoms with Gasteiger partial charge in [0.15, 0.2) is 0 Å². The molecule has 0 atom stereocenters. The van der Waals surface area contributed by atoms with Crippen molar-refractivity contribution in [1.29, 1.82) is 0 Å². The molecule has 0 saturated carbocycles. The van der Waals surface area contributed by atoms with Gasteiger partial charge in [0.2, 0.25) is 0 Å². The molecule has 104 valence electrons. The Kier molecular flexibility index (Phi) is 3.97. The average molecular weight is 274 g/mol. The molecule has 0 spiro atoms. The number of nitrogens with one attached hydrogen (secondary N) is 1. The van der Waals surface area contributed by atoms with Gasteiger partial charge < -0.3 is 5.32 Å². The van der Waals surface area contributed by atoms with Gasteiger partial charge in [-0.25, -0.2) is 0 Å². The second kappa shape index (κ2) is 6.23. The topological polar surface area (TPSA) is 24.9 Å². The summed E-state index contributed by atoms with van der Waals surface area (Å²) in [5.74, 6) is 0. The van der Waals surface area contributed by atoms with Crippen molar-refractivity contribution in [2.24, 2.45) is 0 Å². The van der Waals surface area contributed by atoms with Gasteiger partial charge in [-0.3, -0.25) is 4.98 Å². The van der Waals surface area contributed by atoms with Crippen LogP contribution < -0.4 is 5.32 Å². The van der Waals surface area contributed by atoms with E-state index in [0.717, 1.165) is 17.9 Å². The molecule has 2 aromatic carbocycles. The highest BCUT2D eigenvalue weighted by molar-refractivity contribution is 5.65. The van der Waals surface area contributed by atoms with Crippen LogP contribution in [0, 0.1) is 6.92 Å². The summed E-state index contributed by atoms with van der Waals surface area (Å²) in [6, 6.07) is 23.1. The maximum atomic E-state index is 4.31.